The molecule has 3 aromatic rings. The molecule has 7 nitrogen and oxygen atoms in total. The van der Waals surface area contributed by atoms with Gasteiger partial charge in [0.2, 0.25) is 5.82 Å². The van der Waals surface area contributed by atoms with Gasteiger partial charge in [-0.25, -0.2) is 14.4 Å². The first-order valence-electron chi connectivity index (χ1n) is 8.38. The van der Waals surface area contributed by atoms with E-state index in [-0.39, 0.29) is 29.8 Å². The lowest BCUT2D eigenvalue weighted by Gasteiger charge is -2.10. The maximum Gasteiger partial charge on any atom is 0.216 e. The number of aryl methyl sites for hydroxylation is 1. The number of nitrogens with zero attached hydrogens (tertiary/aromatic N) is 3. The maximum atomic E-state index is 13.6. The Balaban J connectivity index is 0.00000261. The molecule has 0 atom stereocenters. The van der Waals surface area contributed by atoms with Gasteiger partial charge >= 0.3 is 0 Å². The molecule has 0 aliphatic rings. The Bertz CT molecular complexity index is 878. The van der Waals surface area contributed by atoms with Crippen LogP contribution in [-0.4, -0.2) is 27.7 Å². The van der Waals surface area contributed by atoms with E-state index in [0.29, 0.717) is 48.6 Å². The number of rotatable bonds is 6. The molecule has 3 N–H and O–H groups in total. The molecule has 2 aromatic heterocycles. The van der Waals surface area contributed by atoms with Gasteiger partial charge in [-0.2, -0.15) is 0 Å². The summed E-state index contributed by atoms with van der Waals surface area (Å²) in [6.07, 6.45) is 1.58. The molecular weight excluding hydrogens is 462 g/mol. The number of aromatic amines is 1. The van der Waals surface area contributed by atoms with Crippen molar-refractivity contribution >= 4 is 29.9 Å². The molecule has 144 valence electrons. The van der Waals surface area contributed by atoms with Crippen molar-refractivity contribution in [3.05, 3.63) is 59.4 Å². The second-order valence-corrected chi connectivity index (χ2v) is 5.72. The van der Waals surface area contributed by atoms with Crippen molar-refractivity contribution in [2.75, 3.05) is 6.54 Å². The number of hydrogen-bond acceptors (Lipinski definition) is 4. The van der Waals surface area contributed by atoms with Crippen LogP contribution in [-0.2, 0) is 13.1 Å². The van der Waals surface area contributed by atoms with Crippen molar-refractivity contribution in [3.8, 4) is 11.6 Å². The molecule has 0 aliphatic heterocycles. The number of guanidine groups is 1. The average molecular weight is 484 g/mol. The highest BCUT2D eigenvalue weighted by atomic mass is 127. The highest BCUT2D eigenvalue weighted by molar-refractivity contribution is 14.0. The monoisotopic (exact) mass is 484 g/mol. The summed E-state index contributed by atoms with van der Waals surface area (Å²) in [5.41, 5.74) is 1.44. The molecule has 0 unspecified atom stereocenters. The summed E-state index contributed by atoms with van der Waals surface area (Å²) >= 11 is 0. The van der Waals surface area contributed by atoms with Crippen molar-refractivity contribution in [1.82, 2.24) is 25.8 Å². The first-order valence-corrected chi connectivity index (χ1v) is 8.38. The van der Waals surface area contributed by atoms with E-state index in [0.717, 1.165) is 5.56 Å². The second-order valence-electron chi connectivity index (χ2n) is 5.72. The van der Waals surface area contributed by atoms with Gasteiger partial charge in [0, 0.05) is 6.54 Å². The average Bonchev–Trinajstić information content (AvgIpc) is 3.31. The molecule has 0 amide bonds. The first kappa shape index (κ1) is 20.9. The predicted molar refractivity (Wildman–Crippen MR) is 112 cm³/mol. The van der Waals surface area contributed by atoms with Gasteiger partial charge in [-0.05, 0) is 43.2 Å². The molecule has 0 saturated carbocycles. The Kier molecular flexibility index (Phi) is 7.77. The smallest absolute Gasteiger partial charge is 0.216 e. The van der Waals surface area contributed by atoms with Gasteiger partial charge in [0.05, 0.1) is 19.4 Å². The van der Waals surface area contributed by atoms with E-state index in [1.807, 2.05) is 13.0 Å². The summed E-state index contributed by atoms with van der Waals surface area (Å²) in [6.45, 7) is 5.22. The molecule has 0 saturated heterocycles. The zero-order chi connectivity index (χ0) is 18.4. The molecule has 9 heteroatoms. The van der Waals surface area contributed by atoms with Crippen LogP contribution in [0.15, 0.2) is 46.0 Å². The van der Waals surface area contributed by atoms with Gasteiger partial charge in [-0.1, -0.05) is 12.1 Å². The lowest BCUT2D eigenvalue weighted by atomic mass is 10.1. The van der Waals surface area contributed by atoms with Crippen molar-refractivity contribution in [3.63, 3.8) is 0 Å². The number of aliphatic imine (C=N–C) groups is 1. The molecule has 0 spiro atoms. The van der Waals surface area contributed by atoms with E-state index in [1.54, 1.807) is 31.4 Å². The number of hydrogen-bond donors (Lipinski definition) is 3. The van der Waals surface area contributed by atoms with E-state index in [4.69, 9.17) is 4.42 Å². The fraction of sp³-hybridized carbons (Fsp3) is 0.278. The summed E-state index contributed by atoms with van der Waals surface area (Å²) in [4.78, 5) is 8.84. The van der Waals surface area contributed by atoms with Crippen molar-refractivity contribution in [2.45, 2.75) is 26.9 Å². The summed E-state index contributed by atoms with van der Waals surface area (Å²) in [6, 6.07) is 8.72. The minimum Gasteiger partial charge on any atom is -0.461 e. The topological polar surface area (TPSA) is 91.1 Å². The minimum atomic E-state index is -0.220. The molecular formula is C18H22FIN6O. The van der Waals surface area contributed by atoms with Gasteiger partial charge in [-0.3, -0.25) is 5.10 Å². The van der Waals surface area contributed by atoms with E-state index in [2.05, 4.69) is 30.8 Å². The lowest BCUT2D eigenvalue weighted by Crippen LogP contribution is -2.37. The predicted octanol–water partition coefficient (Wildman–Crippen LogP) is 3.39. The molecule has 1 aromatic carbocycles. The number of halogens is 2. The molecule has 27 heavy (non-hydrogen) atoms. The Morgan fingerprint density at radius 3 is 2.85 bits per heavy atom. The Morgan fingerprint density at radius 2 is 2.15 bits per heavy atom. The van der Waals surface area contributed by atoms with Crippen LogP contribution in [0.3, 0.4) is 0 Å². The Hall–Kier alpha value is -2.43. The van der Waals surface area contributed by atoms with Crippen molar-refractivity contribution in [1.29, 1.82) is 0 Å². The molecule has 3 rings (SSSR count). The van der Waals surface area contributed by atoms with Gasteiger partial charge in [0.15, 0.2) is 11.7 Å². The van der Waals surface area contributed by atoms with Crippen LogP contribution < -0.4 is 10.6 Å². The Morgan fingerprint density at radius 1 is 1.30 bits per heavy atom. The standard InChI is InChI=1S/C18H21FN6O.HI/c1-3-20-18(21-10-13-7-6-12(2)14(19)9-13)22-11-16-23-17(25-24-16)15-5-4-8-26-15;/h4-9H,3,10-11H2,1-2H3,(H2,20,21,22)(H,23,24,25);1H. The molecule has 0 radical (unpaired) electrons. The second kappa shape index (κ2) is 10.0. The lowest BCUT2D eigenvalue weighted by molar-refractivity contribution is 0.577. The number of nitrogens with one attached hydrogen (secondary N) is 3. The molecule has 0 aliphatic carbocycles. The number of furan rings is 1. The SMILES string of the molecule is CCNC(=NCc1ccc(C)c(F)c1)NCc1nc(-c2ccco2)n[nH]1.I. The van der Waals surface area contributed by atoms with E-state index in [1.165, 1.54) is 6.07 Å². The minimum absolute atomic E-state index is 0. The molecule has 0 bridgehead atoms. The van der Waals surface area contributed by atoms with E-state index in [9.17, 15) is 4.39 Å². The fourth-order valence-electron chi connectivity index (χ4n) is 2.30. The van der Waals surface area contributed by atoms with Gasteiger partial charge in [0.1, 0.15) is 11.6 Å². The van der Waals surface area contributed by atoms with Crippen molar-refractivity contribution < 1.29 is 8.81 Å². The van der Waals surface area contributed by atoms with Crippen LogP contribution in [0.1, 0.15) is 23.9 Å². The third-order valence-electron chi connectivity index (χ3n) is 3.70. The van der Waals surface area contributed by atoms with Crippen LogP contribution in [0.5, 0.6) is 0 Å². The van der Waals surface area contributed by atoms with Gasteiger partial charge in [0.25, 0.3) is 0 Å². The third kappa shape index (κ3) is 5.78. The fourth-order valence-corrected chi connectivity index (χ4v) is 2.30. The van der Waals surface area contributed by atoms with Crippen LogP contribution in [0, 0.1) is 12.7 Å². The normalized spacial score (nSPS) is 11.1. The number of aromatic nitrogens is 3. The Labute approximate surface area is 173 Å². The number of benzene rings is 1. The summed E-state index contributed by atoms with van der Waals surface area (Å²) in [5.74, 6) is 2.16. The van der Waals surface area contributed by atoms with Gasteiger partial charge in [-0.15, -0.1) is 29.1 Å². The first-order chi connectivity index (χ1) is 12.7. The van der Waals surface area contributed by atoms with Crippen LogP contribution in [0.4, 0.5) is 4.39 Å². The zero-order valence-electron chi connectivity index (χ0n) is 15.1. The largest absolute Gasteiger partial charge is 0.461 e. The highest BCUT2D eigenvalue weighted by Gasteiger charge is 2.08. The molecule has 0 fully saturated rings. The van der Waals surface area contributed by atoms with Crippen LogP contribution in [0.25, 0.3) is 11.6 Å². The summed E-state index contributed by atoms with van der Waals surface area (Å²) in [5, 5.41) is 13.3. The van der Waals surface area contributed by atoms with E-state index >= 15 is 0 Å². The quantitative estimate of drug-likeness (QED) is 0.284. The van der Waals surface area contributed by atoms with E-state index < -0.39 is 0 Å². The summed E-state index contributed by atoms with van der Waals surface area (Å²) < 4.78 is 18.9. The van der Waals surface area contributed by atoms with Gasteiger partial charge < -0.3 is 15.1 Å². The maximum absolute atomic E-state index is 13.6. The molecule has 2 heterocycles. The summed E-state index contributed by atoms with van der Waals surface area (Å²) in [7, 11) is 0. The number of H-pyrrole nitrogens is 1. The third-order valence-corrected chi connectivity index (χ3v) is 3.70. The highest BCUT2D eigenvalue weighted by Crippen LogP contribution is 2.14. The van der Waals surface area contributed by atoms with Crippen molar-refractivity contribution in [2.24, 2.45) is 4.99 Å². The zero-order valence-corrected chi connectivity index (χ0v) is 17.5. The van der Waals surface area contributed by atoms with Crippen LogP contribution >= 0.6 is 24.0 Å². The van der Waals surface area contributed by atoms with Crippen LogP contribution in [0.2, 0.25) is 0 Å².